The van der Waals surface area contributed by atoms with Gasteiger partial charge in [0.15, 0.2) is 4.90 Å². The van der Waals surface area contributed by atoms with E-state index in [0.29, 0.717) is 5.69 Å². The predicted molar refractivity (Wildman–Crippen MR) is 105 cm³/mol. The van der Waals surface area contributed by atoms with Gasteiger partial charge in [0, 0.05) is 43.7 Å². The van der Waals surface area contributed by atoms with Gasteiger partial charge in [-0.2, -0.15) is 0 Å². The van der Waals surface area contributed by atoms with Crippen molar-refractivity contribution in [3.63, 3.8) is 0 Å². The number of hydrogen-bond donors (Lipinski definition) is 2. The number of carbonyl (C=O) groups is 1. The maximum absolute atomic E-state index is 13.7. The summed E-state index contributed by atoms with van der Waals surface area (Å²) in [6.45, 7) is -0.134. The quantitative estimate of drug-likeness (QED) is 0.569. The fourth-order valence-corrected chi connectivity index (χ4v) is 3.91. The van der Waals surface area contributed by atoms with Crippen LogP contribution < -0.4 is 10.0 Å². The van der Waals surface area contributed by atoms with Gasteiger partial charge in [-0.1, -0.05) is 12.1 Å². The van der Waals surface area contributed by atoms with Crippen LogP contribution in [0.3, 0.4) is 0 Å². The molecule has 3 aromatic rings. The van der Waals surface area contributed by atoms with E-state index in [1.807, 2.05) is 10.8 Å². The zero-order valence-corrected chi connectivity index (χ0v) is 16.5. The summed E-state index contributed by atoms with van der Waals surface area (Å²) in [5.74, 6) is -2.84. The number of sulfonamides is 1. The van der Waals surface area contributed by atoms with E-state index < -0.39 is 32.5 Å². The molecule has 2 aromatic heterocycles. The van der Waals surface area contributed by atoms with Crippen molar-refractivity contribution in [2.45, 2.75) is 17.9 Å². The molecule has 30 heavy (non-hydrogen) atoms. The van der Waals surface area contributed by atoms with Crippen LogP contribution in [-0.2, 0) is 21.4 Å². The molecule has 3 rings (SSSR count). The number of benzene rings is 1. The average molecular weight is 432 g/mol. The minimum Gasteiger partial charge on any atom is -0.352 e. The second-order valence-electron chi connectivity index (χ2n) is 6.22. The van der Waals surface area contributed by atoms with E-state index >= 15 is 0 Å². The molecule has 0 aliphatic carbocycles. The van der Waals surface area contributed by atoms with E-state index in [1.54, 1.807) is 36.8 Å². The third kappa shape index (κ3) is 5.22. The van der Waals surface area contributed by atoms with Crippen LogP contribution in [0.2, 0.25) is 0 Å². The van der Waals surface area contributed by atoms with E-state index in [2.05, 4.69) is 15.3 Å². The summed E-state index contributed by atoms with van der Waals surface area (Å²) in [5.41, 5.74) is 2.30. The minimum absolute atomic E-state index is 0.180. The third-order valence-electron chi connectivity index (χ3n) is 4.15. The lowest BCUT2D eigenvalue weighted by atomic mass is 10.1. The molecule has 0 fully saturated rings. The smallest absolute Gasteiger partial charge is 0.246 e. The zero-order chi connectivity index (χ0) is 21.6. The molecule has 10 heteroatoms. The van der Waals surface area contributed by atoms with E-state index in [0.717, 1.165) is 29.3 Å². The number of pyridine rings is 2. The Morgan fingerprint density at radius 2 is 1.67 bits per heavy atom. The molecule has 0 aliphatic rings. The Hall–Kier alpha value is -3.24. The Kier molecular flexibility index (Phi) is 6.80. The fraction of sp³-hybridized carbons (Fsp3) is 0.150. The van der Waals surface area contributed by atoms with Gasteiger partial charge >= 0.3 is 0 Å². The summed E-state index contributed by atoms with van der Waals surface area (Å²) in [4.78, 5) is 19.3. The van der Waals surface area contributed by atoms with Crippen LogP contribution in [0.5, 0.6) is 0 Å². The molecule has 2 N–H and O–H groups in total. The Labute approximate surface area is 172 Å². The summed E-state index contributed by atoms with van der Waals surface area (Å²) in [6, 6.07) is 9.90. The number of nitrogens with one attached hydrogen (secondary N) is 2. The molecule has 0 unspecified atom stereocenters. The maximum atomic E-state index is 13.7. The molecule has 1 aromatic carbocycles. The number of halogens is 2. The molecule has 0 radical (unpaired) electrons. The highest BCUT2D eigenvalue weighted by Gasteiger charge is 2.23. The zero-order valence-electron chi connectivity index (χ0n) is 15.7. The van der Waals surface area contributed by atoms with Gasteiger partial charge in [-0.05, 0) is 35.9 Å². The van der Waals surface area contributed by atoms with Crippen molar-refractivity contribution < 1.29 is 22.0 Å². The maximum Gasteiger partial charge on any atom is 0.246 e. The first-order chi connectivity index (χ1) is 14.4. The first-order valence-electron chi connectivity index (χ1n) is 8.93. The number of nitrogens with zero attached hydrogens (tertiary/aromatic N) is 2. The molecule has 0 atom stereocenters. The van der Waals surface area contributed by atoms with E-state index in [-0.39, 0.29) is 19.5 Å². The molecule has 0 spiro atoms. The average Bonchev–Trinajstić information content (AvgIpc) is 2.72. The van der Waals surface area contributed by atoms with Crippen molar-refractivity contribution in [2.75, 3.05) is 6.54 Å². The second-order valence-corrected chi connectivity index (χ2v) is 7.93. The highest BCUT2D eigenvalue weighted by atomic mass is 32.2. The summed E-state index contributed by atoms with van der Waals surface area (Å²) in [6.07, 6.45) is 4.70. The summed E-state index contributed by atoms with van der Waals surface area (Å²) in [7, 11) is -4.42. The van der Waals surface area contributed by atoms with Gasteiger partial charge in [-0.3, -0.25) is 14.8 Å². The highest BCUT2D eigenvalue weighted by molar-refractivity contribution is 7.89. The molecule has 0 saturated carbocycles. The SMILES string of the molecule is O=C(CCNS(=O)(=O)c1c(F)cccc1F)NCc1cccnc1-c1ccncc1. The van der Waals surface area contributed by atoms with Crippen LogP contribution in [0.25, 0.3) is 11.3 Å². The summed E-state index contributed by atoms with van der Waals surface area (Å²) < 4.78 is 53.6. The van der Waals surface area contributed by atoms with Crippen LogP contribution in [0.15, 0.2) is 66.0 Å². The van der Waals surface area contributed by atoms with Gasteiger partial charge in [-0.15, -0.1) is 0 Å². The van der Waals surface area contributed by atoms with Gasteiger partial charge in [-0.25, -0.2) is 21.9 Å². The van der Waals surface area contributed by atoms with Crippen LogP contribution in [-0.4, -0.2) is 30.8 Å². The van der Waals surface area contributed by atoms with Crippen molar-refractivity contribution in [3.05, 3.63) is 78.3 Å². The van der Waals surface area contributed by atoms with E-state index in [1.165, 1.54) is 0 Å². The van der Waals surface area contributed by atoms with Crippen LogP contribution in [0.4, 0.5) is 8.78 Å². The van der Waals surface area contributed by atoms with E-state index in [4.69, 9.17) is 0 Å². The van der Waals surface area contributed by atoms with Gasteiger partial charge in [0.25, 0.3) is 0 Å². The number of amides is 1. The first kappa shape index (κ1) is 21.5. The van der Waals surface area contributed by atoms with Crippen molar-refractivity contribution in [2.24, 2.45) is 0 Å². The molecule has 7 nitrogen and oxygen atoms in total. The normalized spacial score (nSPS) is 11.3. The van der Waals surface area contributed by atoms with Crippen molar-refractivity contribution in [1.29, 1.82) is 0 Å². The third-order valence-corrected chi connectivity index (χ3v) is 5.66. The Morgan fingerprint density at radius 3 is 2.37 bits per heavy atom. The number of hydrogen-bond acceptors (Lipinski definition) is 5. The predicted octanol–water partition coefficient (Wildman–Crippen LogP) is 2.41. The van der Waals surface area contributed by atoms with Crippen molar-refractivity contribution >= 4 is 15.9 Å². The molecule has 0 aliphatic heterocycles. The largest absolute Gasteiger partial charge is 0.352 e. The van der Waals surface area contributed by atoms with Gasteiger partial charge in [0.2, 0.25) is 15.9 Å². The summed E-state index contributed by atoms with van der Waals surface area (Å²) >= 11 is 0. The standard InChI is InChI=1S/C20H18F2N4O3S/c21-16-4-1-5-17(22)20(16)30(28,29)26-12-8-18(27)25-13-15-3-2-9-24-19(15)14-6-10-23-11-7-14/h1-7,9-11,26H,8,12-13H2,(H,25,27). The number of aromatic nitrogens is 2. The second kappa shape index (κ2) is 9.51. The molecular weight excluding hydrogens is 414 g/mol. The lowest BCUT2D eigenvalue weighted by molar-refractivity contribution is -0.121. The minimum atomic E-state index is -4.42. The highest BCUT2D eigenvalue weighted by Crippen LogP contribution is 2.20. The van der Waals surface area contributed by atoms with Crippen LogP contribution in [0, 0.1) is 11.6 Å². The Bertz CT molecular complexity index is 1120. The monoisotopic (exact) mass is 432 g/mol. The molecule has 1 amide bonds. The molecule has 2 heterocycles. The molecule has 0 saturated heterocycles. The molecule has 156 valence electrons. The topological polar surface area (TPSA) is 101 Å². The van der Waals surface area contributed by atoms with E-state index in [9.17, 15) is 22.0 Å². The van der Waals surface area contributed by atoms with Gasteiger partial charge < -0.3 is 5.32 Å². The van der Waals surface area contributed by atoms with Crippen molar-refractivity contribution in [3.8, 4) is 11.3 Å². The Morgan fingerprint density at radius 1 is 0.967 bits per heavy atom. The molecular formula is C20H18F2N4O3S. The lowest BCUT2D eigenvalue weighted by Crippen LogP contribution is -2.31. The lowest BCUT2D eigenvalue weighted by Gasteiger charge is -2.11. The molecule has 0 bridgehead atoms. The fourth-order valence-electron chi connectivity index (χ4n) is 2.74. The van der Waals surface area contributed by atoms with Crippen LogP contribution >= 0.6 is 0 Å². The Balaban J connectivity index is 1.57. The number of rotatable bonds is 8. The van der Waals surface area contributed by atoms with Gasteiger partial charge in [0.1, 0.15) is 11.6 Å². The van der Waals surface area contributed by atoms with Crippen molar-refractivity contribution in [1.82, 2.24) is 20.0 Å². The van der Waals surface area contributed by atoms with Gasteiger partial charge in [0.05, 0.1) is 5.69 Å². The number of carbonyl (C=O) groups excluding carboxylic acids is 1. The first-order valence-corrected chi connectivity index (χ1v) is 10.4. The summed E-state index contributed by atoms with van der Waals surface area (Å²) in [5, 5.41) is 2.68. The van der Waals surface area contributed by atoms with Crippen LogP contribution in [0.1, 0.15) is 12.0 Å².